The highest BCUT2D eigenvalue weighted by molar-refractivity contribution is 9.10. The van der Waals surface area contributed by atoms with E-state index in [1.54, 1.807) is 0 Å². The van der Waals surface area contributed by atoms with Gasteiger partial charge in [-0.2, -0.15) is 0 Å². The zero-order chi connectivity index (χ0) is 15.8. The van der Waals surface area contributed by atoms with Gasteiger partial charge in [0.05, 0.1) is 11.2 Å². The van der Waals surface area contributed by atoms with Crippen molar-refractivity contribution in [1.82, 2.24) is 4.98 Å². The van der Waals surface area contributed by atoms with E-state index in [1.165, 1.54) is 0 Å². The molecule has 5 heteroatoms. The first-order chi connectivity index (χ1) is 9.68. The zero-order valence-electron chi connectivity index (χ0n) is 12.9. The number of fused-ring (bicyclic) bond motifs is 1. The quantitative estimate of drug-likeness (QED) is 0.576. The van der Waals surface area contributed by atoms with Crippen LogP contribution >= 0.6 is 15.9 Å². The van der Waals surface area contributed by atoms with Gasteiger partial charge in [-0.15, -0.1) is 0 Å². The van der Waals surface area contributed by atoms with Crippen LogP contribution in [0.5, 0.6) is 0 Å². The van der Waals surface area contributed by atoms with Crippen LogP contribution in [-0.4, -0.2) is 20.0 Å². The van der Waals surface area contributed by atoms with Gasteiger partial charge >= 0.3 is 0 Å². The molecule has 0 saturated heterocycles. The molecule has 112 valence electrons. The maximum atomic E-state index is 12.2. The van der Waals surface area contributed by atoms with Gasteiger partial charge in [0.25, 0.3) is 0 Å². The smallest absolute Gasteiger partial charge is 0.144 e. The molecule has 0 N–H and O–H groups in total. The van der Waals surface area contributed by atoms with Crippen LogP contribution in [0.2, 0.25) is 0 Å². The van der Waals surface area contributed by atoms with Gasteiger partial charge in [0.15, 0.2) is 0 Å². The molecule has 0 aliphatic carbocycles. The summed E-state index contributed by atoms with van der Waals surface area (Å²) in [6, 6.07) is 8.09. The Bertz CT molecular complexity index is 707. The van der Waals surface area contributed by atoms with Crippen molar-refractivity contribution in [2.24, 2.45) is 4.40 Å². The van der Waals surface area contributed by atoms with Gasteiger partial charge in [0.2, 0.25) is 0 Å². The lowest BCUT2D eigenvalue weighted by molar-refractivity contribution is 0.561. The molecule has 3 nitrogen and oxygen atoms in total. The van der Waals surface area contributed by atoms with Gasteiger partial charge in [-0.05, 0) is 58.4 Å². The first-order valence-electron chi connectivity index (χ1n) is 6.73. The van der Waals surface area contributed by atoms with Gasteiger partial charge in [0.1, 0.15) is 21.8 Å². The van der Waals surface area contributed by atoms with Crippen molar-refractivity contribution < 1.29 is 4.55 Å². The Kier molecular flexibility index (Phi) is 4.76. The van der Waals surface area contributed by atoms with Crippen LogP contribution < -0.4 is 0 Å². The molecule has 0 radical (unpaired) electrons. The molecule has 1 unspecified atom stereocenters. The normalized spacial score (nSPS) is 14.5. The van der Waals surface area contributed by atoms with E-state index in [-0.39, 0.29) is 4.75 Å². The van der Waals surface area contributed by atoms with Crippen LogP contribution in [0.15, 0.2) is 33.1 Å². The zero-order valence-corrected chi connectivity index (χ0v) is 15.3. The Balaban J connectivity index is 2.50. The number of nitrogens with zero attached hydrogens (tertiary/aromatic N) is 2. The summed E-state index contributed by atoms with van der Waals surface area (Å²) in [5.74, 6) is 0. The van der Waals surface area contributed by atoms with Crippen molar-refractivity contribution in [1.29, 1.82) is 0 Å². The van der Waals surface area contributed by atoms with Gasteiger partial charge in [-0.25, -0.2) is 4.98 Å². The highest BCUT2D eigenvalue weighted by atomic mass is 79.9. The molecule has 21 heavy (non-hydrogen) atoms. The van der Waals surface area contributed by atoms with E-state index in [2.05, 4.69) is 31.4 Å². The molecule has 1 aromatic carbocycles. The number of hydrogen-bond donors (Lipinski definition) is 0. The first kappa shape index (κ1) is 16.5. The van der Waals surface area contributed by atoms with E-state index < -0.39 is 11.4 Å². The maximum Gasteiger partial charge on any atom is 0.144 e. The predicted molar refractivity (Wildman–Crippen MR) is 94.3 cm³/mol. The molecule has 0 fully saturated rings. The van der Waals surface area contributed by atoms with E-state index in [1.807, 2.05) is 52.8 Å². The molecule has 0 bridgehead atoms. The Labute approximate surface area is 137 Å². The Morgan fingerprint density at radius 3 is 2.57 bits per heavy atom. The lowest BCUT2D eigenvalue weighted by Crippen LogP contribution is -2.27. The van der Waals surface area contributed by atoms with Crippen LogP contribution in [0.3, 0.4) is 0 Å². The molecule has 1 aromatic heterocycles. The lowest BCUT2D eigenvalue weighted by Gasteiger charge is -2.19. The summed E-state index contributed by atoms with van der Waals surface area (Å²) in [7, 11) is 0. The third-order valence-corrected chi connectivity index (χ3v) is 5.04. The summed E-state index contributed by atoms with van der Waals surface area (Å²) < 4.78 is 17.1. The van der Waals surface area contributed by atoms with Crippen molar-refractivity contribution in [2.75, 3.05) is 0 Å². The predicted octanol–water partition coefficient (Wildman–Crippen LogP) is 4.58. The summed E-state index contributed by atoms with van der Waals surface area (Å²) in [4.78, 5) is 4.68. The minimum Gasteiger partial charge on any atom is -0.591 e. The number of halogens is 1. The third-order valence-electron chi connectivity index (χ3n) is 3.06. The Hall–Kier alpha value is -0.910. The minimum atomic E-state index is -1.28. The number of aryl methyl sites for hydroxylation is 1. The van der Waals surface area contributed by atoms with E-state index in [0.717, 1.165) is 26.6 Å². The number of rotatable bonds is 2. The molecule has 1 heterocycles. The largest absolute Gasteiger partial charge is 0.591 e. The van der Waals surface area contributed by atoms with E-state index >= 15 is 0 Å². The fourth-order valence-electron chi connectivity index (χ4n) is 1.92. The van der Waals surface area contributed by atoms with Crippen molar-refractivity contribution in [3.8, 4) is 0 Å². The summed E-state index contributed by atoms with van der Waals surface area (Å²) in [5, 5.41) is 1.09. The standard InChI is InChI=1S/C16H19BrN2OS/c1-10-8-12-6-7-13(17)9-14(12)18-15(10)11(2)19-21(20)16(3,4)5/h6-9H,1-5H3. The second-order valence-corrected chi connectivity index (χ2v) is 8.85. The second kappa shape index (κ2) is 6.07. The fourth-order valence-corrected chi connectivity index (χ4v) is 2.87. The molecular formula is C16H19BrN2OS. The molecule has 2 rings (SSSR count). The summed E-state index contributed by atoms with van der Waals surface area (Å²) in [6.45, 7) is 9.61. The average Bonchev–Trinajstić information content (AvgIpc) is 2.37. The molecule has 0 spiro atoms. The van der Waals surface area contributed by atoms with Crippen LogP contribution in [0, 0.1) is 6.92 Å². The Morgan fingerprint density at radius 1 is 1.29 bits per heavy atom. The SMILES string of the molecule is CC(=N[S+]([O-])C(C)(C)C)c1nc2cc(Br)ccc2cc1C. The van der Waals surface area contributed by atoms with Crippen molar-refractivity contribution >= 4 is 43.9 Å². The lowest BCUT2D eigenvalue weighted by atomic mass is 10.1. The van der Waals surface area contributed by atoms with Crippen molar-refractivity contribution in [2.45, 2.75) is 39.4 Å². The highest BCUT2D eigenvalue weighted by Crippen LogP contribution is 2.23. The fraction of sp³-hybridized carbons (Fsp3) is 0.375. The molecule has 0 saturated carbocycles. The first-order valence-corrected chi connectivity index (χ1v) is 8.63. The van der Waals surface area contributed by atoms with Crippen LogP contribution in [-0.2, 0) is 11.4 Å². The molecular weight excluding hydrogens is 348 g/mol. The number of aromatic nitrogens is 1. The van der Waals surface area contributed by atoms with Crippen molar-refractivity contribution in [3.05, 3.63) is 40.0 Å². The van der Waals surface area contributed by atoms with Gasteiger partial charge in [-0.1, -0.05) is 26.4 Å². The molecule has 2 aromatic rings. The topological polar surface area (TPSA) is 48.3 Å². The molecule has 0 amide bonds. The van der Waals surface area contributed by atoms with Gasteiger partial charge in [-0.3, -0.25) is 0 Å². The second-order valence-electron chi connectivity index (χ2n) is 6.03. The van der Waals surface area contributed by atoms with Crippen LogP contribution in [0.25, 0.3) is 10.9 Å². The Morgan fingerprint density at radius 2 is 1.95 bits per heavy atom. The van der Waals surface area contributed by atoms with Crippen molar-refractivity contribution in [3.63, 3.8) is 0 Å². The highest BCUT2D eigenvalue weighted by Gasteiger charge is 2.27. The summed E-state index contributed by atoms with van der Waals surface area (Å²) >= 11 is 2.18. The summed E-state index contributed by atoms with van der Waals surface area (Å²) in [5.41, 5.74) is 3.46. The monoisotopic (exact) mass is 366 g/mol. The summed E-state index contributed by atoms with van der Waals surface area (Å²) in [6.07, 6.45) is 0. The average molecular weight is 367 g/mol. The number of pyridine rings is 1. The maximum absolute atomic E-state index is 12.2. The number of benzene rings is 1. The molecule has 0 aliphatic rings. The van der Waals surface area contributed by atoms with Crippen LogP contribution in [0.4, 0.5) is 0 Å². The van der Waals surface area contributed by atoms with E-state index in [9.17, 15) is 4.55 Å². The van der Waals surface area contributed by atoms with Crippen LogP contribution in [0.1, 0.15) is 39.0 Å². The van der Waals surface area contributed by atoms with Gasteiger partial charge in [0, 0.05) is 9.86 Å². The number of hydrogen-bond acceptors (Lipinski definition) is 3. The molecule has 0 aliphatic heterocycles. The van der Waals surface area contributed by atoms with Gasteiger partial charge < -0.3 is 4.55 Å². The molecule has 1 atom stereocenters. The minimum absolute atomic E-state index is 0.366. The van der Waals surface area contributed by atoms with E-state index in [0.29, 0.717) is 5.71 Å². The van der Waals surface area contributed by atoms with E-state index in [4.69, 9.17) is 0 Å². The third kappa shape index (κ3) is 3.84.